The lowest BCUT2D eigenvalue weighted by atomic mass is 9.78. The molecule has 1 aliphatic rings. The van der Waals surface area contributed by atoms with Crippen LogP contribution in [0.15, 0.2) is 60.7 Å². The summed E-state index contributed by atoms with van der Waals surface area (Å²) in [6, 6.07) is 14.8. The molecule has 0 amide bonds. The maximum atomic E-state index is 15.1. The van der Waals surface area contributed by atoms with Crippen LogP contribution in [0.5, 0.6) is 5.75 Å². The summed E-state index contributed by atoms with van der Waals surface area (Å²) in [4.78, 5) is 0. The Hall–Kier alpha value is -3.37. The molecule has 4 rings (SSSR count). The van der Waals surface area contributed by atoms with Crippen LogP contribution < -0.4 is 9.46 Å². The molecule has 6 nitrogen and oxygen atoms in total. The molecule has 2 N–H and O–H groups in total. The number of methoxy groups -OCH3 is 1. The molecule has 0 saturated heterocycles. The molecule has 1 saturated carbocycles. The highest BCUT2D eigenvalue weighted by molar-refractivity contribution is 7.88. The van der Waals surface area contributed by atoms with E-state index in [4.69, 9.17) is 14.9 Å². The maximum absolute atomic E-state index is 15.1. The molecule has 3 aromatic carbocycles. The Morgan fingerprint density at radius 1 is 1.03 bits per heavy atom. The van der Waals surface area contributed by atoms with E-state index in [9.17, 15) is 12.8 Å². The Morgan fingerprint density at radius 2 is 1.76 bits per heavy atom. The van der Waals surface area contributed by atoms with E-state index in [2.05, 4.69) is 4.72 Å². The Labute approximate surface area is 220 Å². The number of benzene rings is 3. The molecule has 38 heavy (non-hydrogen) atoms. The van der Waals surface area contributed by atoms with Crippen LogP contribution >= 0.6 is 0 Å². The second-order valence-electron chi connectivity index (χ2n) is 9.63. The zero-order valence-electron chi connectivity index (χ0n) is 21.1. The molecule has 3 aromatic rings. The first kappa shape index (κ1) is 27.7. The average Bonchev–Trinajstić information content (AvgIpc) is 3.27. The molecule has 1 fully saturated rings. The van der Waals surface area contributed by atoms with Crippen molar-refractivity contribution in [2.24, 2.45) is 5.41 Å². The first-order valence-electron chi connectivity index (χ1n) is 12.1. The van der Waals surface area contributed by atoms with Gasteiger partial charge in [-0.25, -0.2) is 26.3 Å². The van der Waals surface area contributed by atoms with Gasteiger partial charge in [-0.2, -0.15) is 0 Å². The minimum atomic E-state index is -3.49. The van der Waals surface area contributed by atoms with Crippen molar-refractivity contribution < 1.29 is 31.1 Å². The second kappa shape index (κ2) is 11.2. The Bertz CT molecular complexity index is 1430. The number of hydrogen-bond donors (Lipinski definition) is 2. The fourth-order valence-corrected chi connectivity index (χ4v) is 5.90. The number of sulfonamides is 1. The minimum Gasteiger partial charge on any atom is -0.485 e. The predicted molar refractivity (Wildman–Crippen MR) is 139 cm³/mol. The molecular formula is C28H29F3N2O4S. The Balaban J connectivity index is 1.69. The van der Waals surface area contributed by atoms with Gasteiger partial charge in [-0.15, -0.1) is 0 Å². The quantitative estimate of drug-likeness (QED) is 0.270. The summed E-state index contributed by atoms with van der Waals surface area (Å²) in [5, 5.41) is 8.42. The second-order valence-corrected chi connectivity index (χ2v) is 11.4. The zero-order valence-corrected chi connectivity index (χ0v) is 21.9. The largest absolute Gasteiger partial charge is 0.485 e. The first-order valence-corrected chi connectivity index (χ1v) is 13.9. The maximum Gasteiger partial charge on any atom is 0.208 e. The highest BCUT2D eigenvalue weighted by Crippen LogP contribution is 2.44. The molecule has 0 heterocycles. The van der Waals surface area contributed by atoms with Gasteiger partial charge in [-0.3, -0.25) is 5.41 Å². The van der Waals surface area contributed by atoms with Crippen molar-refractivity contribution in [3.05, 3.63) is 89.2 Å². The van der Waals surface area contributed by atoms with Gasteiger partial charge in [-0.1, -0.05) is 42.5 Å². The van der Waals surface area contributed by atoms with E-state index in [-0.39, 0.29) is 47.8 Å². The van der Waals surface area contributed by atoms with Gasteiger partial charge >= 0.3 is 0 Å². The Kier molecular flexibility index (Phi) is 8.13. The lowest BCUT2D eigenvalue weighted by molar-refractivity contribution is 0.284. The van der Waals surface area contributed by atoms with Crippen LogP contribution in [0.25, 0.3) is 11.1 Å². The molecule has 2 atom stereocenters. The van der Waals surface area contributed by atoms with Crippen molar-refractivity contribution in [3.8, 4) is 16.9 Å². The lowest BCUT2D eigenvalue weighted by Gasteiger charge is -2.29. The zero-order chi connectivity index (χ0) is 27.5. The molecule has 0 spiro atoms. The third-order valence-corrected chi connectivity index (χ3v) is 7.58. The van der Waals surface area contributed by atoms with Crippen LogP contribution in [0, 0.1) is 28.3 Å². The average molecular weight is 547 g/mol. The molecule has 202 valence electrons. The normalized spacial score (nSPS) is 19.3. The number of ether oxygens (including phenoxy) is 2. The lowest BCUT2D eigenvalue weighted by Crippen LogP contribution is -2.37. The molecule has 0 aromatic heterocycles. The fraction of sp³-hybridized carbons (Fsp3) is 0.321. The van der Waals surface area contributed by atoms with Crippen LogP contribution in [0.3, 0.4) is 0 Å². The highest BCUT2D eigenvalue weighted by Gasteiger charge is 2.45. The van der Waals surface area contributed by atoms with E-state index < -0.39 is 38.9 Å². The molecule has 0 radical (unpaired) electrons. The summed E-state index contributed by atoms with van der Waals surface area (Å²) in [6.07, 6.45) is 2.03. The molecule has 0 bridgehead atoms. The van der Waals surface area contributed by atoms with Gasteiger partial charge in [0.1, 0.15) is 18.2 Å². The van der Waals surface area contributed by atoms with Crippen molar-refractivity contribution in [1.82, 2.24) is 4.72 Å². The summed E-state index contributed by atoms with van der Waals surface area (Å²) in [5.74, 6) is -2.67. The first-order chi connectivity index (χ1) is 18.0. The van der Waals surface area contributed by atoms with Gasteiger partial charge in [0.15, 0.2) is 17.5 Å². The van der Waals surface area contributed by atoms with Crippen molar-refractivity contribution >= 4 is 15.9 Å². The third-order valence-electron chi connectivity index (χ3n) is 6.82. The van der Waals surface area contributed by atoms with Gasteiger partial charge < -0.3 is 9.47 Å². The van der Waals surface area contributed by atoms with Crippen LogP contribution in [-0.4, -0.2) is 33.7 Å². The van der Waals surface area contributed by atoms with Crippen molar-refractivity contribution in [2.75, 3.05) is 13.4 Å². The molecule has 10 heteroatoms. The summed E-state index contributed by atoms with van der Waals surface area (Å²) in [6.45, 7) is 0.0489. The van der Waals surface area contributed by atoms with E-state index in [0.717, 1.165) is 17.9 Å². The Morgan fingerprint density at radius 3 is 2.45 bits per heavy atom. The molecule has 0 unspecified atom stereocenters. The fourth-order valence-electron chi connectivity index (χ4n) is 5.09. The smallest absolute Gasteiger partial charge is 0.208 e. The van der Waals surface area contributed by atoms with Crippen molar-refractivity contribution in [2.45, 2.75) is 38.3 Å². The standard InChI is InChI=1S/C28H29F3N2O4S/c1-36-27(32)28(12-11-20(16-28)33-38(2,34)35)15-19-13-22(25(31)14-24(19)30)21-9-6-10-23(29)26(21)37-17-18-7-4-3-5-8-18/h3-10,13-14,20,32-33H,11-12,15-17H2,1-2H3/t20-,28+/m0/s1. The molecule has 1 aliphatic carbocycles. The van der Waals surface area contributed by atoms with Crippen LogP contribution in [-0.2, 0) is 27.8 Å². The van der Waals surface area contributed by atoms with Crippen molar-refractivity contribution in [3.63, 3.8) is 0 Å². The van der Waals surface area contributed by atoms with Crippen LogP contribution in [0.2, 0.25) is 0 Å². The SMILES string of the molecule is COC(=N)[C@@]1(Cc2cc(-c3cccc(F)c3OCc3ccccc3)c(F)cc2F)CC[C@H](NS(C)(=O)=O)C1. The highest BCUT2D eigenvalue weighted by atomic mass is 32.2. The van der Waals surface area contributed by atoms with E-state index in [1.165, 1.54) is 31.4 Å². The number of nitrogens with one attached hydrogen (secondary N) is 2. The summed E-state index contributed by atoms with van der Waals surface area (Å²) in [5.41, 5.74) is -0.0332. The van der Waals surface area contributed by atoms with Crippen molar-refractivity contribution in [1.29, 1.82) is 5.41 Å². The number of para-hydroxylation sites is 1. The van der Waals surface area contributed by atoms with Gasteiger partial charge in [0, 0.05) is 23.2 Å². The van der Waals surface area contributed by atoms with Gasteiger partial charge in [0.25, 0.3) is 0 Å². The number of halogens is 3. The summed E-state index contributed by atoms with van der Waals surface area (Å²) in [7, 11) is -2.16. The van der Waals surface area contributed by atoms with Gasteiger partial charge in [0.2, 0.25) is 10.0 Å². The minimum absolute atomic E-state index is 0.0315. The third kappa shape index (κ3) is 6.19. The summed E-state index contributed by atoms with van der Waals surface area (Å²) < 4.78 is 82.1. The molecule has 0 aliphatic heterocycles. The summed E-state index contributed by atoms with van der Waals surface area (Å²) >= 11 is 0. The van der Waals surface area contributed by atoms with E-state index in [1.54, 1.807) is 0 Å². The van der Waals surface area contributed by atoms with Crippen LogP contribution in [0.4, 0.5) is 13.2 Å². The molecular weight excluding hydrogens is 517 g/mol. The van der Waals surface area contributed by atoms with Crippen LogP contribution in [0.1, 0.15) is 30.4 Å². The number of rotatable bonds is 9. The van der Waals surface area contributed by atoms with E-state index in [0.29, 0.717) is 12.8 Å². The van der Waals surface area contributed by atoms with Gasteiger partial charge in [-0.05, 0) is 48.9 Å². The topological polar surface area (TPSA) is 88.5 Å². The number of hydrogen-bond acceptors (Lipinski definition) is 5. The van der Waals surface area contributed by atoms with Gasteiger partial charge in [0.05, 0.1) is 18.8 Å². The predicted octanol–water partition coefficient (Wildman–Crippen LogP) is 5.60. The monoisotopic (exact) mass is 546 g/mol. The van der Waals surface area contributed by atoms with E-state index in [1.807, 2.05) is 30.3 Å². The van der Waals surface area contributed by atoms with E-state index >= 15 is 8.78 Å².